The Balaban J connectivity index is 1.76. The predicted octanol–water partition coefficient (Wildman–Crippen LogP) is 4.21. The van der Waals surface area contributed by atoms with Crippen LogP contribution in [0.1, 0.15) is 34.3 Å². The first-order chi connectivity index (χ1) is 12.4. The minimum absolute atomic E-state index is 0.0512. The van der Waals surface area contributed by atoms with E-state index in [1.165, 1.54) is 0 Å². The van der Waals surface area contributed by atoms with Gasteiger partial charge in [-0.05, 0) is 37.1 Å². The molecule has 0 aliphatic carbocycles. The molecule has 0 atom stereocenters. The molecule has 6 heteroatoms. The van der Waals surface area contributed by atoms with E-state index in [1.807, 2.05) is 32.0 Å². The van der Waals surface area contributed by atoms with E-state index in [-0.39, 0.29) is 25.2 Å². The lowest BCUT2D eigenvalue weighted by Gasteiger charge is -2.10. The number of ketones is 1. The maximum Gasteiger partial charge on any atom is 0.306 e. The van der Waals surface area contributed by atoms with E-state index in [0.29, 0.717) is 11.3 Å². The van der Waals surface area contributed by atoms with E-state index < -0.39 is 11.9 Å². The molecule has 1 amide bonds. The van der Waals surface area contributed by atoms with Crippen LogP contribution in [0.15, 0.2) is 46.9 Å². The number of carbonyl (C=O) groups is 3. The monoisotopic (exact) mass is 417 g/mol. The predicted molar refractivity (Wildman–Crippen MR) is 103 cm³/mol. The van der Waals surface area contributed by atoms with Gasteiger partial charge >= 0.3 is 5.97 Å². The zero-order valence-electron chi connectivity index (χ0n) is 14.7. The normalized spacial score (nSPS) is 10.3. The van der Waals surface area contributed by atoms with Crippen molar-refractivity contribution in [2.45, 2.75) is 26.7 Å². The number of ether oxygens (including phenoxy) is 1. The zero-order valence-corrected chi connectivity index (χ0v) is 16.3. The van der Waals surface area contributed by atoms with Crippen molar-refractivity contribution in [3.8, 4) is 0 Å². The second-order valence-corrected chi connectivity index (χ2v) is 6.72. The fourth-order valence-electron chi connectivity index (χ4n) is 2.42. The average molecular weight is 418 g/mol. The van der Waals surface area contributed by atoms with Crippen LogP contribution in [0.5, 0.6) is 0 Å². The van der Waals surface area contributed by atoms with Gasteiger partial charge in [-0.2, -0.15) is 0 Å². The first-order valence-electron chi connectivity index (χ1n) is 8.17. The molecule has 0 unspecified atom stereocenters. The average Bonchev–Trinajstić information content (AvgIpc) is 2.63. The van der Waals surface area contributed by atoms with Crippen LogP contribution in [-0.4, -0.2) is 24.3 Å². The highest BCUT2D eigenvalue weighted by molar-refractivity contribution is 9.10. The van der Waals surface area contributed by atoms with Crippen molar-refractivity contribution in [2.75, 3.05) is 11.9 Å². The van der Waals surface area contributed by atoms with Crippen LogP contribution < -0.4 is 5.32 Å². The molecule has 0 aliphatic rings. The lowest BCUT2D eigenvalue weighted by atomic mass is 10.1. The van der Waals surface area contributed by atoms with E-state index in [4.69, 9.17) is 4.74 Å². The lowest BCUT2D eigenvalue weighted by Crippen LogP contribution is -2.21. The van der Waals surface area contributed by atoms with Crippen molar-refractivity contribution in [3.63, 3.8) is 0 Å². The number of anilines is 1. The molecule has 0 bridgehead atoms. The highest BCUT2D eigenvalue weighted by atomic mass is 79.9. The molecule has 2 aromatic rings. The number of halogens is 1. The summed E-state index contributed by atoms with van der Waals surface area (Å²) >= 11 is 3.47. The number of nitrogens with one attached hydrogen (secondary N) is 1. The van der Waals surface area contributed by atoms with Crippen LogP contribution >= 0.6 is 15.9 Å². The minimum Gasteiger partial charge on any atom is -0.456 e. The van der Waals surface area contributed by atoms with Gasteiger partial charge in [0.2, 0.25) is 0 Å². The number of carbonyl (C=O) groups excluding carboxylic acids is 3. The summed E-state index contributed by atoms with van der Waals surface area (Å²) in [7, 11) is 0. The second-order valence-electron chi connectivity index (χ2n) is 5.92. The summed E-state index contributed by atoms with van der Waals surface area (Å²) in [6.07, 6.45) is -0.00687. The molecule has 26 heavy (non-hydrogen) atoms. The Bertz CT molecular complexity index is 795. The molecule has 0 saturated carbocycles. The van der Waals surface area contributed by atoms with Gasteiger partial charge in [0, 0.05) is 22.1 Å². The molecule has 0 aliphatic heterocycles. The number of hydrogen-bond donors (Lipinski definition) is 1. The maximum atomic E-state index is 11.9. The molecule has 1 N–H and O–H groups in total. The van der Waals surface area contributed by atoms with Crippen molar-refractivity contribution in [1.29, 1.82) is 0 Å². The Kier molecular flexibility index (Phi) is 7.09. The molecule has 0 saturated heterocycles. The third-order valence-electron chi connectivity index (χ3n) is 3.74. The fourth-order valence-corrected chi connectivity index (χ4v) is 2.65. The number of rotatable bonds is 7. The van der Waals surface area contributed by atoms with E-state index >= 15 is 0 Å². The van der Waals surface area contributed by atoms with Gasteiger partial charge in [-0.25, -0.2) is 0 Å². The SMILES string of the molecule is Cc1cc(NC(=O)COC(=O)CCC(=O)c2ccccc2)cc(C)c1Br. The summed E-state index contributed by atoms with van der Waals surface area (Å²) < 4.78 is 5.92. The Morgan fingerprint density at radius 3 is 2.23 bits per heavy atom. The van der Waals surface area contributed by atoms with E-state index in [2.05, 4.69) is 21.2 Å². The summed E-state index contributed by atoms with van der Waals surface area (Å²) in [5, 5.41) is 2.69. The number of aryl methyl sites for hydroxylation is 2. The van der Waals surface area contributed by atoms with Gasteiger partial charge in [0.05, 0.1) is 6.42 Å². The maximum absolute atomic E-state index is 11.9. The molecule has 5 nitrogen and oxygen atoms in total. The molecular formula is C20H20BrNO4. The summed E-state index contributed by atoms with van der Waals surface area (Å²) in [6, 6.07) is 12.4. The van der Waals surface area contributed by atoms with E-state index in [0.717, 1.165) is 15.6 Å². The van der Waals surface area contributed by atoms with Crippen molar-refractivity contribution < 1.29 is 19.1 Å². The number of benzene rings is 2. The molecule has 0 spiro atoms. The minimum atomic E-state index is -0.576. The molecule has 2 rings (SSSR count). The third-order valence-corrected chi connectivity index (χ3v) is 4.99. The van der Waals surface area contributed by atoms with Gasteiger partial charge < -0.3 is 10.1 Å². The van der Waals surface area contributed by atoms with Crippen molar-refractivity contribution in [3.05, 3.63) is 63.6 Å². The molecular weight excluding hydrogens is 398 g/mol. The molecule has 0 fully saturated rings. The Morgan fingerprint density at radius 1 is 1.00 bits per heavy atom. The highest BCUT2D eigenvalue weighted by Gasteiger charge is 2.12. The van der Waals surface area contributed by atoms with Crippen molar-refractivity contribution >= 4 is 39.3 Å². The Hall–Kier alpha value is -2.47. The topological polar surface area (TPSA) is 72.5 Å². The molecule has 136 valence electrons. The van der Waals surface area contributed by atoms with Gasteiger partial charge in [0.1, 0.15) is 0 Å². The lowest BCUT2D eigenvalue weighted by molar-refractivity contribution is -0.147. The quantitative estimate of drug-likeness (QED) is 0.540. The Morgan fingerprint density at radius 2 is 1.62 bits per heavy atom. The van der Waals surface area contributed by atoms with Crippen LogP contribution in [0.3, 0.4) is 0 Å². The van der Waals surface area contributed by atoms with Gasteiger partial charge in [-0.3, -0.25) is 14.4 Å². The van der Waals surface area contributed by atoms with Gasteiger partial charge in [-0.15, -0.1) is 0 Å². The molecule has 2 aromatic carbocycles. The largest absolute Gasteiger partial charge is 0.456 e. The molecule has 0 aromatic heterocycles. The standard InChI is InChI=1S/C20H20BrNO4/c1-13-10-16(11-14(2)20(13)21)22-18(24)12-26-19(25)9-8-17(23)15-6-4-3-5-7-15/h3-7,10-11H,8-9,12H2,1-2H3,(H,22,24). The highest BCUT2D eigenvalue weighted by Crippen LogP contribution is 2.24. The van der Waals surface area contributed by atoms with Crippen LogP contribution in [0, 0.1) is 13.8 Å². The number of amides is 1. The van der Waals surface area contributed by atoms with Gasteiger partial charge in [-0.1, -0.05) is 46.3 Å². The number of hydrogen-bond acceptors (Lipinski definition) is 4. The van der Waals surface area contributed by atoms with Crippen molar-refractivity contribution in [2.24, 2.45) is 0 Å². The first-order valence-corrected chi connectivity index (χ1v) is 8.96. The van der Waals surface area contributed by atoms with E-state index in [1.54, 1.807) is 24.3 Å². The van der Waals surface area contributed by atoms with Gasteiger partial charge in [0.15, 0.2) is 12.4 Å². The van der Waals surface area contributed by atoms with Crippen molar-refractivity contribution in [1.82, 2.24) is 0 Å². The number of Topliss-reactive ketones (excluding diaryl/α,β-unsaturated/α-hetero) is 1. The molecule has 0 radical (unpaired) electrons. The van der Waals surface area contributed by atoms with Crippen LogP contribution in [0.2, 0.25) is 0 Å². The number of esters is 1. The Labute approximate surface area is 160 Å². The summed E-state index contributed by atoms with van der Waals surface area (Å²) in [5.74, 6) is -1.13. The fraction of sp³-hybridized carbons (Fsp3) is 0.250. The summed E-state index contributed by atoms with van der Waals surface area (Å²) in [4.78, 5) is 35.6. The smallest absolute Gasteiger partial charge is 0.306 e. The van der Waals surface area contributed by atoms with Crippen LogP contribution in [0.25, 0.3) is 0 Å². The second kappa shape index (κ2) is 9.29. The zero-order chi connectivity index (χ0) is 19.1. The van der Waals surface area contributed by atoms with Crippen LogP contribution in [-0.2, 0) is 14.3 Å². The van der Waals surface area contributed by atoms with Crippen LogP contribution in [0.4, 0.5) is 5.69 Å². The third kappa shape index (κ3) is 5.81. The summed E-state index contributed by atoms with van der Waals surface area (Å²) in [6.45, 7) is 3.47. The van der Waals surface area contributed by atoms with Gasteiger partial charge in [0.25, 0.3) is 5.91 Å². The van der Waals surface area contributed by atoms with E-state index in [9.17, 15) is 14.4 Å². The molecule has 0 heterocycles. The first kappa shape index (κ1) is 19.8. The summed E-state index contributed by atoms with van der Waals surface area (Å²) in [5.41, 5.74) is 3.19.